The van der Waals surface area contributed by atoms with Crippen LogP contribution < -0.4 is 10.6 Å². The zero-order valence-electron chi connectivity index (χ0n) is 17.3. The van der Waals surface area contributed by atoms with E-state index in [1.807, 2.05) is 0 Å². The molecule has 0 radical (unpaired) electrons. The summed E-state index contributed by atoms with van der Waals surface area (Å²) in [5.74, 6) is -1.36. The Hall–Kier alpha value is -3.89. The standard InChI is InChI=1S/C23H17F6N3O2/c24-22(25,26)17-5-1-3-14(9-17)12-31-20(33)16-7-8-30-19(11-16)21(34)32-13-15-4-2-6-18(10-15)23(27,28)29/h1-11H,12-13H2,(H,31,33)(H,32,34). The van der Waals surface area contributed by atoms with E-state index in [1.165, 1.54) is 42.6 Å². The van der Waals surface area contributed by atoms with Crippen LogP contribution in [0.5, 0.6) is 0 Å². The molecule has 1 heterocycles. The number of rotatable bonds is 6. The Morgan fingerprint density at radius 2 is 1.21 bits per heavy atom. The average molecular weight is 481 g/mol. The molecule has 5 nitrogen and oxygen atoms in total. The van der Waals surface area contributed by atoms with Gasteiger partial charge in [0.1, 0.15) is 5.69 Å². The molecule has 34 heavy (non-hydrogen) atoms. The Kier molecular flexibility index (Phi) is 7.23. The fourth-order valence-electron chi connectivity index (χ4n) is 2.97. The van der Waals surface area contributed by atoms with Crippen LogP contribution in [0.2, 0.25) is 0 Å². The monoisotopic (exact) mass is 481 g/mol. The lowest BCUT2D eigenvalue weighted by Gasteiger charge is -2.11. The molecule has 3 rings (SSSR count). The quantitative estimate of drug-likeness (QED) is 0.488. The maximum Gasteiger partial charge on any atom is 0.416 e. The molecule has 3 aromatic rings. The molecule has 1 aromatic heterocycles. The Balaban J connectivity index is 1.62. The van der Waals surface area contributed by atoms with Crippen molar-refractivity contribution in [2.24, 2.45) is 0 Å². The molecule has 2 N–H and O–H groups in total. The largest absolute Gasteiger partial charge is 0.416 e. The molecule has 2 aromatic carbocycles. The molecule has 2 amide bonds. The maximum absolute atomic E-state index is 12.8. The minimum atomic E-state index is -4.52. The summed E-state index contributed by atoms with van der Waals surface area (Å²) >= 11 is 0. The van der Waals surface area contributed by atoms with Crippen molar-refractivity contribution in [2.45, 2.75) is 25.4 Å². The van der Waals surface area contributed by atoms with E-state index in [1.54, 1.807) is 0 Å². The van der Waals surface area contributed by atoms with Crippen molar-refractivity contribution >= 4 is 11.8 Å². The van der Waals surface area contributed by atoms with Crippen LogP contribution in [0.25, 0.3) is 0 Å². The third kappa shape index (κ3) is 6.56. The number of aromatic nitrogens is 1. The van der Waals surface area contributed by atoms with Gasteiger partial charge in [-0.05, 0) is 47.5 Å². The number of hydrogen-bond acceptors (Lipinski definition) is 3. The van der Waals surface area contributed by atoms with Gasteiger partial charge in [-0.25, -0.2) is 0 Å². The van der Waals surface area contributed by atoms with E-state index >= 15 is 0 Å². The van der Waals surface area contributed by atoms with Gasteiger partial charge in [-0.2, -0.15) is 26.3 Å². The normalized spacial score (nSPS) is 11.7. The Bertz CT molecular complexity index is 1100. The smallest absolute Gasteiger partial charge is 0.348 e. The van der Waals surface area contributed by atoms with E-state index in [2.05, 4.69) is 15.6 Å². The fraction of sp³-hybridized carbons (Fsp3) is 0.174. The molecule has 0 aliphatic carbocycles. The summed E-state index contributed by atoms with van der Waals surface area (Å²) in [6, 6.07) is 11.4. The van der Waals surface area contributed by atoms with Gasteiger partial charge >= 0.3 is 12.4 Å². The van der Waals surface area contributed by atoms with E-state index in [4.69, 9.17) is 0 Å². The first-order chi connectivity index (χ1) is 15.9. The zero-order valence-corrected chi connectivity index (χ0v) is 17.3. The van der Waals surface area contributed by atoms with Gasteiger partial charge in [0.25, 0.3) is 11.8 Å². The fourth-order valence-corrected chi connectivity index (χ4v) is 2.97. The van der Waals surface area contributed by atoms with Crippen LogP contribution in [0.1, 0.15) is 43.1 Å². The highest BCUT2D eigenvalue weighted by Crippen LogP contribution is 2.30. The summed E-state index contributed by atoms with van der Waals surface area (Å²) in [7, 11) is 0. The van der Waals surface area contributed by atoms with Crippen molar-refractivity contribution < 1.29 is 35.9 Å². The molecule has 0 saturated heterocycles. The van der Waals surface area contributed by atoms with Crippen LogP contribution in [0.4, 0.5) is 26.3 Å². The van der Waals surface area contributed by atoms with Crippen LogP contribution in [0.3, 0.4) is 0 Å². The SMILES string of the molecule is O=C(NCc1cccc(C(F)(F)F)c1)c1ccnc(C(=O)NCc2cccc(C(F)(F)F)c2)c1. The van der Waals surface area contributed by atoms with Crippen molar-refractivity contribution in [1.29, 1.82) is 0 Å². The highest BCUT2D eigenvalue weighted by atomic mass is 19.4. The number of pyridine rings is 1. The van der Waals surface area contributed by atoms with E-state index in [0.29, 0.717) is 0 Å². The molecule has 0 spiro atoms. The zero-order chi connectivity index (χ0) is 24.9. The molecule has 0 saturated carbocycles. The lowest BCUT2D eigenvalue weighted by Crippen LogP contribution is -2.26. The number of nitrogens with zero attached hydrogens (tertiary/aromatic N) is 1. The number of nitrogens with one attached hydrogen (secondary N) is 2. The number of carbonyl (C=O) groups is 2. The number of hydrogen-bond donors (Lipinski definition) is 2. The summed E-state index contributed by atoms with van der Waals surface area (Å²) in [5, 5.41) is 4.90. The molecule has 0 aliphatic heterocycles. The van der Waals surface area contributed by atoms with Gasteiger partial charge in [-0.1, -0.05) is 24.3 Å². The highest BCUT2D eigenvalue weighted by molar-refractivity contribution is 5.98. The Morgan fingerprint density at radius 3 is 1.71 bits per heavy atom. The molecule has 11 heteroatoms. The summed E-state index contributed by atoms with van der Waals surface area (Å²) < 4.78 is 76.9. The minimum absolute atomic E-state index is 0.0335. The number of carbonyl (C=O) groups excluding carboxylic acids is 2. The summed E-state index contributed by atoms with van der Waals surface area (Å²) in [6.07, 6.45) is -7.84. The molecular weight excluding hydrogens is 464 g/mol. The molecule has 0 bridgehead atoms. The molecule has 0 fully saturated rings. The van der Waals surface area contributed by atoms with E-state index < -0.39 is 35.3 Å². The van der Waals surface area contributed by atoms with Crippen LogP contribution in [-0.2, 0) is 25.4 Å². The second kappa shape index (κ2) is 9.94. The lowest BCUT2D eigenvalue weighted by atomic mass is 10.1. The predicted molar refractivity (Wildman–Crippen MR) is 109 cm³/mol. The molecule has 0 aliphatic rings. The molecule has 0 unspecified atom stereocenters. The third-order valence-corrected chi connectivity index (χ3v) is 4.67. The summed E-state index contributed by atoms with van der Waals surface area (Å²) in [4.78, 5) is 28.6. The van der Waals surface area contributed by atoms with Crippen molar-refractivity contribution in [3.63, 3.8) is 0 Å². The minimum Gasteiger partial charge on any atom is -0.348 e. The molecule has 178 valence electrons. The van der Waals surface area contributed by atoms with Crippen LogP contribution in [0.15, 0.2) is 66.9 Å². The highest BCUT2D eigenvalue weighted by Gasteiger charge is 2.31. The van der Waals surface area contributed by atoms with Gasteiger partial charge in [0.2, 0.25) is 0 Å². The van der Waals surface area contributed by atoms with E-state index in [-0.39, 0.29) is 35.5 Å². The van der Waals surface area contributed by atoms with Gasteiger partial charge in [-0.15, -0.1) is 0 Å². The van der Waals surface area contributed by atoms with Crippen LogP contribution >= 0.6 is 0 Å². The Morgan fingerprint density at radius 1 is 0.706 bits per heavy atom. The number of alkyl halides is 6. The summed E-state index contributed by atoms with van der Waals surface area (Å²) in [5.41, 5.74) is -1.36. The summed E-state index contributed by atoms with van der Waals surface area (Å²) in [6.45, 7) is -0.376. The number of halogens is 6. The van der Waals surface area contributed by atoms with Gasteiger partial charge in [0.05, 0.1) is 11.1 Å². The van der Waals surface area contributed by atoms with Crippen LogP contribution in [0, 0.1) is 0 Å². The van der Waals surface area contributed by atoms with Gasteiger partial charge in [0.15, 0.2) is 0 Å². The predicted octanol–water partition coefficient (Wildman–Crippen LogP) is 4.98. The average Bonchev–Trinajstić information content (AvgIpc) is 2.80. The first kappa shape index (κ1) is 24.7. The van der Waals surface area contributed by atoms with E-state index in [0.717, 1.165) is 24.3 Å². The first-order valence-electron chi connectivity index (χ1n) is 9.78. The Labute approximate surface area is 189 Å². The molecular formula is C23H17F6N3O2. The maximum atomic E-state index is 12.8. The topological polar surface area (TPSA) is 71.1 Å². The number of benzene rings is 2. The third-order valence-electron chi connectivity index (χ3n) is 4.67. The second-order valence-corrected chi connectivity index (χ2v) is 7.19. The van der Waals surface area contributed by atoms with Gasteiger partial charge < -0.3 is 10.6 Å². The second-order valence-electron chi connectivity index (χ2n) is 7.19. The lowest BCUT2D eigenvalue weighted by molar-refractivity contribution is -0.138. The van der Waals surface area contributed by atoms with Crippen LogP contribution in [-0.4, -0.2) is 16.8 Å². The number of amides is 2. The van der Waals surface area contributed by atoms with Crippen molar-refractivity contribution in [1.82, 2.24) is 15.6 Å². The van der Waals surface area contributed by atoms with Crippen molar-refractivity contribution in [3.8, 4) is 0 Å². The molecule has 0 atom stereocenters. The first-order valence-corrected chi connectivity index (χ1v) is 9.78. The van der Waals surface area contributed by atoms with Gasteiger partial charge in [-0.3, -0.25) is 14.6 Å². The van der Waals surface area contributed by atoms with Crippen molar-refractivity contribution in [2.75, 3.05) is 0 Å². The van der Waals surface area contributed by atoms with Crippen molar-refractivity contribution in [3.05, 3.63) is 100 Å². The van der Waals surface area contributed by atoms with E-state index in [9.17, 15) is 35.9 Å². The van der Waals surface area contributed by atoms with Gasteiger partial charge in [0, 0.05) is 24.8 Å².